The Hall–Kier alpha value is 0.157. The van der Waals surface area contributed by atoms with Gasteiger partial charge in [0.1, 0.15) is 0 Å². The van der Waals surface area contributed by atoms with Crippen LogP contribution in [0.3, 0.4) is 0 Å². The Labute approximate surface area is 91.5 Å². The van der Waals surface area contributed by atoms with Crippen LogP contribution in [-0.2, 0) is 0 Å². The van der Waals surface area contributed by atoms with Crippen molar-refractivity contribution in [1.82, 2.24) is 0 Å². The summed E-state index contributed by atoms with van der Waals surface area (Å²) in [7, 11) is -3.12. The Kier molecular flexibility index (Phi) is 5.04. The molecule has 0 rings (SSSR count). The van der Waals surface area contributed by atoms with E-state index in [1.165, 1.54) is 13.1 Å². The summed E-state index contributed by atoms with van der Waals surface area (Å²) in [6.07, 6.45) is -6.22. The van der Waals surface area contributed by atoms with Gasteiger partial charge in [0.25, 0.3) is 0 Å². The fraction of sp³-hybridized carbons (Fsp3) is 1.00. The van der Waals surface area contributed by atoms with Gasteiger partial charge in [-0.3, -0.25) is 0 Å². The average molecular weight is 269 g/mol. The van der Waals surface area contributed by atoms with Gasteiger partial charge >= 0.3 is 6.18 Å². The SMILES string of the molecule is C[Si](C)(Cl)C(F)(F)CCCCC(F)(F)F. The Morgan fingerprint density at radius 2 is 1.33 bits per heavy atom. The maximum atomic E-state index is 13.2. The van der Waals surface area contributed by atoms with Gasteiger partial charge in [-0.05, 0) is 12.8 Å². The summed E-state index contributed by atoms with van der Waals surface area (Å²) in [5.41, 5.74) is -3.00. The first-order valence-corrected chi connectivity index (χ1v) is 8.60. The zero-order valence-corrected chi connectivity index (χ0v) is 10.4. The molecule has 0 radical (unpaired) electrons. The smallest absolute Gasteiger partial charge is 0.210 e. The molecule has 0 saturated carbocycles. The van der Waals surface area contributed by atoms with Gasteiger partial charge in [0, 0.05) is 12.8 Å². The van der Waals surface area contributed by atoms with Gasteiger partial charge in [-0.2, -0.15) is 24.3 Å². The molecule has 0 aliphatic heterocycles. The molecule has 15 heavy (non-hydrogen) atoms. The predicted molar refractivity (Wildman–Crippen MR) is 52.8 cm³/mol. The molecule has 0 N–H and O–H groups in total. The number of halogens is 6. The monoisotopic (exact) mass is 268 g/mol. The molecule has 0 amide bonds. The molecule has 92 valence electrons. The van der Waals surface area contributed by atoms with Crippen LogP contribution in [0.15, 0.2) is 0 Å². The highest BCUT2D eigenvalue weighted by Crippen LogP contribution is 2.35. The molecule has 0 unspecified atom stereocenters. The highest BCUT2D eigenvalue weighted by molar-refractivity contribution is 7.20. The van der Waals surface area contributed by atoms with Gasteiger partial charge < -0.3 is 0 Å². The van der Waals surface area contributed by atoms with Crippen molar-refractivity contribution < 1.29 is 22.0 Å². The summed E-state index contributed by atoms with van der Waals surface area (Å²) in [5.74, 6) is 0. The van der Waals surface area contributed by atoms with Crippen LogP contribution in [0.1, 0.15) is 25.7 Å². The second-order valence-electron chi connectivity index (χ2n) is 4.00. The molecule has 0 atom stereocenters. The van der Waals surface area contributed by atoms with E-state index >= 15 is 0 Å². The molecule has 0 spiro atoms. The molecular formula is C8H14ClF5Si. The van der Waals surface area contributed by atoms with Crippen LogP contribution in [0.4, 0.5) is 22.0 Å². The highest BCUT2D eigenvalue weighted by Gasteiger charge is 2.47. The van der Waals surface area contributed by atoms with Gasteiger partial charge in [-0.25, -0.2) is 8.78 Å². The van der Waals surface area contributed by atoms with Gasteiger partial charge in [0.2, 0.25) is 12.9 Å². The lowest BCUT2D eigenvalue weighted by atomic mass is 10.2. The lowest BCUT2D eigenvalue weighted by Gasteiger charge is -2.25. The minimum Gasteiger partial charge on any atom is -0.210 e. The quantitative estimate of drug-likeness (QED) is 0.293. The van der Waals surface area contributed by atoms with Gasteiger partial charge in [0.15, 0.2) is 0 Å². The number of unbranched alkanes of at least 4 members (excludes halogenated alkanes) is 1. The van der Waals surface area contributed by atoms with Crippen molar-refractivity contribution in [3.8, 4) is 0 Å². The van der Waals surface area contributed by atoms with Crippen molar-refractivity contribution >= 4 is 18.5 Å². The van der Waals surface area contributed by atoms with Crippen molar-refractivity contribution in [2.24, 2.45) is 0 Å². The van der Waals surface area contributed by atoms with Crippen LogP contribution in [0.5, 0.6) is 0 Å². The fourth-order valence-corrected chi connectivity index (χ4v) is 2.02. The number of hydrogen-bond donors (Lipinski definition) is 0. The van der Waals surface area contributed by atoms with E-state index in [1.54, 1.807) is 0 Å². The van der Waals surface area contributed by atoms with Gasteiger partial charge in [0.05, 0.1) is 0 Å². The maximum Gasteiger partial charge on any atom is 0.389 e. The van der Waals surface area contributed by atoms with Crippen LogP contribution in [0.2, 0.25) is 13.1 Å². The Morgan fingerprint density at radius 1 is 0.933 bits per heavy atom. The standard InChI is InChI=1S/C8H14ClF5Si/c1-15(2,9)8(13,14)6-4-3-5-7(10,11)12/h3-6H2,1-2H3. The molecule has 0 fully saturated rings. The van der Waals surface area contributed by atoms with Crippen LogP contribution in [0.25, 0.3) is 0 Å². The minimum atomic E-state index is -4.26. The first kappa shape index (κ1) is 15.2. The van der Waals surface area contributed by atoms with E-state index in [2.05, 4.69) is 0 Å². The zero-order valence-electron chi connectivity index (χ0n) is 8.60. The van der Waals surface area contributed by atoms with Crippen molar-refractivity contribution in [2.45, 2.75) is 50.5 Å². The molecule has 7 heteroatoms. The molecule has 0 saturated heterocycles. The van der Waals surface area contributed by atoms with Crippen LogP contribution >= 0.6 is 11.1 Å². The minimum absolute atomic E-state index is 0.143. The van der Waals surface area contributed by atoms with Crippen LogP contribution < -0.4 is 0 Å². The topological polar surface area (TPSA) is 0 Å². The second-order valence-corrected chi connectivity index (χ2v) is 10.5. The molecule has 0 heterocycles. The van der Waals surface area contributed by atoms with Crippen LogP contribution in [-0.4, -0.2) is 19.1 Å². The van der Waals surface area contributed by atoms with E-state index < -0.39 is 31.9 Å². The third kappa shape index (κ3) is 6.35. The fourth-order valence-electron chi connectivity index (χ4n) is 0.970. The molecule has 0 aliphatic carbocycles. The number of hydrogen-bond acceptors (Lipinski definition) is 0. The Bertz CT molecular complexity index is 196. The largest absolute Gasteiger partial charge is 0.389 e. The summed E-state index contributed by atoms with van der Waals surface area (Å²) >= 11 is 5.56. The summed E-state index contributed by atoms with van der Waals surface area (Å²) in [6, 6.07) is 0. The number of rotatable bonds is 5. The molecule has 0 aromatic rings. The third-order valence-electron chi connectivity index (χ3n) is 2.07. The van der Waals surface area contributed by atoms with Crippen molar-refractivity contribution in [2.75, 3.05) is 0 Å². The van der Waals surface area contributed by atoms with E-state index in [0.717, 1.165) is 0 Å². The van der Waals surface area contributed by atoms with Gasteiger partial charge in [-0.15, -0.1) is 0 Å². The molecule has 0 nitrogen and oxygen atoms in total. The summed E-state index contributed by atoms with van der Waals surface area (Å²) in [4.78, 5) is 0. The Balaban J connectivity index is 3.87. The first-order chi connectivity index (χ1) is 6.46. The molecule has 0 aromatic carbocycles. The van der Waals surface area contributed by atoms with Crippen molar-refractivity contribution in [3.05, 3.63) is 0 Å². The predicted octanol–water partition coefficient (Wildman–Crippen LogP) is 4.73. The summed E-state index contributed by atoms with van der Waals surface area (Å²) in [5, 5.41) is 0. The van der Waals surface area contributed by atoms with Crippen LogP contribution in [0, 0.1) is 0 Å². The molecule has 0 aromatic heterocycles. The summed E-state index contributed by atoms with van der Waals surface area (Å²) < 4.78 is 61.5. The number of alkyl halides is 5. The van der Waals surface area contributed by atoms with E-state index in [-0.39, 0.29) is 12.8 Å². The molecular weight excluding hydrogens is 255 g/mol. The third-order valence-corrected chi connectivity index (χ3v) is 4.89. The first-order valence-electron chi connectivity index (χ1n) is 4.59. The van der Waals surface area contributed by atoms with E-state index in [9.17, 15) is 22.0 Å². The lowest BCUT2D eigenvalue weighted by molar-refractivity contribution is -0.136. The molecule has 0 aliphatic rings. The highest BCUT2D eigenvalue weighted by atomic mass is 35.6. The zero-order chi connectivity index (χ0) is 12.3. The average Bonchev–Trinajstić information content (AvgIpc) is 1.94. The van der Waals surface area contributed by atoms with Crippen molar-refractivity contribution in [3.63, 3.8) is 0 Å². The van der Waals surface area contributed by atoms with Gasteiger partial charge in [-0.1, -0.05) is 13.1 Å². The summed E-state index contributed by atoms with van der Waals surface area (Å²) in [6.45, 7) is 2.58. The van der Waals surface area contributed by atoms with E-state index in [4.69, 9.17) is 11.1 Å². The Morgan fingerprint density at radius 3 is 1.67 bits per heavy atom. The maximum absolute atomic E-state index is 13.2. The molecule has 0 bridgehead atoms. The van der Waals surface area contributed by atoms with E-state index in [0.29, 0.717) is 0 Å². The lowest BCUT2D eigenvalue weighted by Crippen LogP contribution is -2.42. The normalized spacial score (nSPS) is 14.4. The second kappa shape index (κ2) is 4.99. The van der Waals surface area contributed by atoms with E-state index in [1.807, 2.05) is 0 Å². The van der Waals surface area contributed by atoms with Crippen molar-refractivity contribution in [1.29, 1.82) is 0 Å².